The van der Waals surface area contributed by atoms with E-state index in [4.69, 9.17) is 9.72 Å². The highest BCUT2D eigenvalue weighted by molar-refractivity contribution is 7.15. The number of aromatic nitrogens is 1. The summed E-state index contributed by atoms with van der Waals surface area (Å²) in [4.78, 5) is 8.02. The molecule has 1 N–H and O–H groups in total. The Kier molecular flexibility index (Phi) is 7.48. The first-order valence-corrected chi connectivity index (χ1v) is 8.23. The molecule has 0 aromatic carbocycles. The molecule has 0 bridgehead atoms. The molecular formula is C15H28N2O2S. The van der Waals surface area contributed by atoms with E-state index >= 15 is 0 Å². The number of methoxy groups -OCH3 is 1. The van der Waals surface area contributed by atoms with Crippen LogP contribution in [0.1, 0.15) is 51.1 Å². The molecule has 0 radical (unpaired) electrons. The van der Waals surface area contributed by atoms with Crippen molar-refractivity contribution in [1.82, 2.24) is 4.98 Å². The SMILES string of the molecule is CCC(CC)N(CC(C)C)c1nc(COC)c(CO)s1. The van der Waals surface area contributed by atoms with Crippen LogP contribution in [0.3, 0.4) is 0 Å². The maximum absolute atomic E-state index is 9.47. The molecule has 4 nitrogen and oxygen atoms in total. The van der Waals surface area contributed by atoms with E-state index in [1.54, 1.807) is 18.4 Å². The van der Waals surface area contributed by atoms with Gasteiger partial charge in [0.05, 0.1) is 23.8 Å². The third-order valence-corrected chi connectivity index (χ3v) is 4.50. The van der Waals surface area contributed by atoms with Crippen molar-refractivity contribution in [1.29, 1.82) is 0 Å². The van der Waals surface area contributed by atoms with Crippen LogP contribution in [-0.2, 0) is 18.0 Å². The Labute approximate surface area is 126 Å². The molecule has 1 aromatic heterocycles. The summed E-state index contributed by atoms with van der Waals surface area (Å²) < 4.78 is 5.17. The first kappa shape index (κ1) is 17.4. The van der Waals surface area contributed by atoms with Crippen LogP contribution in [0, 0.1) is 5.92 Å². The molecular weight excluding hydrogens is 272 g/mol. The van der Waals surface area contributed by atoms with E-state index in [0.29, 0.717) is 18.6 Å². The third-order valence-electron chi connectivity index (χ3n) is 3.38. The zero-order valence-corrected chi connectivity index (χ0v) is 14.2. The smallest absolute Gasteiger partial charge is 0.186 e. The molecule has 0 aliphatic heterocycles. The Bertz CT molecular complexity index is 389. The largest absolute Gasteiger partial charge is 0.391 e. The second kappa shape index (κ2) is 8.60. The molecule has 0 amide bonds. The predicted molar refractivity (Wildman–Crippen MR) is 85.3 cm³/mol. The van der Waals surface area contributed by atoms with E-state index in [9.17, 15) is 5.11 Å². The van der Waals surface area contributed by atoms with Gasteiger partial charge in [-0.05, 0) is 18.8 Å². The Balaban J connectivity index is 3.05. The number of ether oxygens (including phenoxy) is 1. The number of hydrogen-bond donors (Lipinski definition) is 1. The van der Waals surface area contributed by atoms with Crippen LogP contribution in [0.25, 0.3) is 0 Å². The minimum atomic E-state index is 0.0365. The number of nitrogens with zero attached hydrogens (tertiary/aromatic N) is 2. The van der Waals surface area contributed by atoms with Gasteiger partial charge in [0.15, 0.2) is 5.13 Å². The summed E-state index contributed by atoms with van der Waals surface area (Å²) in [5.74, 6) is 0.586. The summed E-state index contributed by atoms with van der Waals surface area (Å²) in [5, 5.41) is 10.5. The summed E-state index contributed by atoms with van der Waals surface area (Å²) >= 11 is 1.59. The van der Waals surface area contributed by atoms with Crippen molar-refractivity contribution in [3.63, 3.8) is 0 Å². The van der Waals surface area contributed by atoms with Gasteiger partial charge in [0.1, 0.15) is 0 Å². The Hall–Kier alpha value is -0.650. The van der Waals surface area contributed by atoms with Gasteiger partial charge in [-0.3, -0.25) is 0 Å². The van der Waals surface area contributed by atoms with Crippen molar-refractivity contribution in [2.45, 2.75) is 59.8 Å². The summed E-state index contributed by atoms with van der Waals surface area (Å²) in [6.07, 6.45) is 2.22. The van der Waals surface area contributed by atoms with Crippen molar-refractivity contribution in [3.05, 3.63) is 10.6 Å². The molecule has 1 heterocycles. The fourth-order valence-corrected chi connectivity index (χ4v) is 3.38. The fourth-order valence-electron chi connectivity index (χ4n) is 2.37. The molecule has 20 heavy (non-hydrogen) atoms. The lowest BCUT2D eigenvalue weighted by Gasteiger charge is -2.31. The fraction of sp³-hybridized carbons (Fsp3) is 0.800. The van der Waals surface area contributed by atoms with Gasteiger partial charge in [-0.1, -0.05) is 39.0 Å². The summed E-state index contributed by atoms with van der Waals surface area (Å²) in [6, 6.07) is 0.505. The Morgan fingerprint density at radius 2 is 1.95 bits per heavy atom. The van der Waals surface area contributed by atoms with Crippen LogP contribution >= 0.6 is 11.3 Å². The molecule has 1 aromatic rings. The highest BCUT2D eigenvalue weighted by atomic mass is 32.1. The van der Waals surface area contributed by atoms with Gasteiger partial charge in [0.2, 0.25) is 0 Å². The number of aliphatic hydroxyl groups is 1. The van der Waals surface area contributed by atoms with Crippen LogP contribution < -0.4 is 4.90 Å². The predicted octanol–water partition coefficient (Wildman–Crippen LogP) is 3.43. The van der Waals surface area contributed by atoms with E-state index in [1.165, 1.54) is 0 Å². The maximum Gasteiger partial charge on any atom is 0.186 e. The molecule has 0 unspecified atom stereocenters. The number of anilines is 1. The normalized spacial score (nSPS) is 11.6. The number of aliphatic hydroxyl groups excluding tert-OH is 1. The van der Waals surface area contributed by atoms with E-state index in [-0.39, 0.29) is 6.61 Å². The molecule has 116 valence electrons. The van der Waals surface area contributed by atoms with E-state index in [1.807, 2.05) is 0 Å². The standard InChI is InChI=1S/C15H28N2O2S/c1-6-12(7-2)17(8-11(3)4)15-16-13(10-19-5)14(9-18)20-15/h11-12,18H,6-10H2,1-5H3. The highest BCUT2D eigenvalue weighted by Gasteiger charge is 2.22. The maximum atomic E-state index is 9.47. The van der Waals surface area contributed by atoms with Crippen LogP contribution in [0.2, 0.25) is 0 Å². The molecule has 1 rings (SSSR count). The van der Waals surface area contributed by atoms with Crippen molar-refractivity contribution >= 4 is 16.5 Å². The quantitative estimate of drug-likeness (QED) is 0.759. The molecule has 0 spiro atoms. The number of thiazole rings is 1. The van der Waals surface area contributed by atoms with E-state index in [0.717, 1.165) is 35.1 Å². The monoisotopic (exact) mass is 300 g/mol. The van der Waals surface area contributed by atoms with Crippen LogP contribution in [0.5, 0.6) is 0 Å². The molecule has 5 heteroatoms. The zero-order valence-electron chi connectivity index (χ0n) is 13.3. The molecule has 0 aliphatic rings. The lowest BCUT2D eigenvalue weighted by molar-refractivity contribution is 0.179. The minimum absolute atomic E-state index is 0.0365. The second-order valence-corrected chi connectivity index (χ2v) is 6.54. The van der Waals surface area contributed by atoms with Gasteiger partial charge >= 0.3 is 0 Å². The zero-order chi connectivity index (χ0) is 15.1. The van der Waals surface area contributed by atoms with Crippen molar-refractivity contribution in [2.24, 2.45) is 5.92 Å². The van der Waals surface area contributed by atoms with Crippen molar-refractivity contribution in [2.75, 3.05) is 18.6 Å². The molecule has 0 atom stereocenters. The van der Waals surface area contributed by atoms with Gasteiger partial charge in [-0.2, -0.15) is 0 Å². The lowest BCUT2D eigenvalue weighted by Crippen LogP contribution is -2.37. The van der Waals surface area contributed by atoms with E-state index in [2.05, 4.69) is 32.6 Å². The molecule has 0 fully saturated rings. The summed E-state index contributed by atoms with van der Waals surface area (Å²) in [5.41, 5.74) is 0.870. The summed E-state index contributed by atoms with van der Waals surface area (Å²) in [6.45, 7) is 10.4. The first-order chi connectivity index (χ1) is 9.57. The van der Waals surface area contributed by atoms with E-state index < -0.39 is 0 Å². The van der Waals surface area contributed by atoms with Gasteiger partial charge in [0.25, 0.3) is 0 Å². The van der Waals surface area contributed by atoms with Gasteiger partial charge < -0.3 is 14.7 Å². The second-order valence-electron chi connectivity index (χ2n) is 5.47. The third kappa shape index (κ3) is 4.43. The topological polar surface area (TPSA) is 45.6 Å². The first-order valence-electron chi connectivity index (χ1n) is 7.42. The molecule has 0 aliphatic carbocycles. The van der Waals surface area contributed by atoms with Gasteiger partial charge in [0, 0.05) is 19.7 Å². The minimum Gasteiger partial charge on any atom is -0.391 e. The van der Waals surface area contributed by atoms with Crippen LogP contribution in [-0.4, -0.2) is 29.8 Å². The molecule has 0 saturated heterocycles. The number of rotatable bonds is 9. The van der Waals surface area contributed by atoms with Crippen LogP contribution in [0.4, 0.5) is 5.13 Å². The summed E-state index contributed by atoms with van der Waals surface area (Å²) in [7, 11) is 1.66. The average molecular weight is 300 g/mol. The van der Waals surface area contributed by atoms with Crippen molar-refractivity contribution < 1.29 is 9.84 Å². The van der Waals surface area contributed by atoms with Gasteiger partial charge in [-0.25, -0.2) is 4.98 Å². The number of hydrogen-bond acceptors (Lipinski definition) is 5. The highest BCUT2D eigenvalue weighted by Crippen LogP contribution is 2.30. The molecule has 0 saturated carbocycles. The Morgan fingerprint density at radius 3 is 2.40 bits per heavy atom. The van der Waals surface area contributed by atoms with Crippen molar-refractivity contribution in [3.8, 4) is 0 Å². The van der Waals surface area contributed by atoms with Crippen LogP contribution in [0.15, 0.2) is 0 Å². The Morgan fingerprint density at radius 1 is 1.30 bits per heavy atom. The average Bonchev–Trinajstić information content (AvgIpc) is 2.82. The lowest BCUT2D eigenvalue weighted by atomic mass is 10.1. The van der Waals surface area contributed by atoms with Gasteiger partial charge in [-0.15, -0.1) is 0 Å².